The van der Waals surface area contributed by atoms with Gasteiger partial charge >= 0.3 is 5.97 Å². The molecule has 86 valence electrons. The highest BCUT2D eigenvalue weighted by atomic mass is 32.2. The molecule has 0 amide bonds. The van der Waals surface area contributed by atoms with E-state index in [0.29, 0.717) is 0 Å². The minimum Gasteiger partial charge on any atom is -0.468 e. The topological polar surface area (TPSA) is 129 Å². The Morgan fingerprint density at radius 1 is 1.60 bits per heavy atom. The van der Waals surface area contributed by atoms with E-state index in [1.807, 2.05) is 0 Å². The molecule has 0 spiro atoms. The first kappa shape index (κ1) is 13.7. The first-order chi connectivity index (χ1) is 6.66. The molecule has 0 aliphatic heterocycles. The Morgan fingerprint density at radius 2 is 2.07 bits per heavy atom. The zero-order chi connectivity index (χ0) is 12.3. The molecule has 0 radical (unpaired) electrons. The highest BCUT2D eigenvalue weighted by Gasteiger charge is 2.45. The van der Waals surface area contributed by atoms with Gasteiger partial charge in [0, 0.05) is 4.91 Å². The summed E-state index contributed by atoms with van der Waals surface area (Å²) in [5, 5.41) is 1.19. The molecule has 0 aromatic carbocycles. The number of azide groups is 1. The van der Waals surface area contributed by atoms with Crippen molar-refractivity contribution in [3.63, 3.8) is 0 Å². The Kier molecular flexibility index (Phi) is 4.08. The maximum Gasteiger partial charge on any atom is 0.327 e. The molecular weight excluding hydrogens is 226 g/mol. The summed E-state index contributed by atoms with van der Waals surface area (Å²) in [5.41, 5.74) is 6.57. The predicted molar refractivity (Wildman–Crippen MR) is 50.6 cm³/mol. The van der Waals surface area contributed by atoms with Crippen molar-refractivity contribution in [1.82, 2.24) is 0 Å². The van der Waals surface area contributed by atoms with Crippen LogP contribution < -0.4 is 0 Å². The monoisotopic (exact) mass is 237 g/mol. The summed E-state index contributed by atoms with van der Waals surface area (Å²) >= 11 is 0. The minimum absolute atomic E-state index is 0.965. The van der Waals surface area contributed by atoms with Crippen LogP contribution in [0.25, 0.3) is 10.4 Å². The summed E-state index contributed by atoms with van der Waals surface area (Å²) < 4.78 is 34.9. The standard InChI is InChI=1S/C6H11N3O5S/c1-6(2,8-9-7)4(5(10)14-3)15(11,12)13/h4H,1-3H3,(H,11,12,13). The number of hydrogen-bond acceptors (Lipinski definition) is 5. The Balaban J connectivity index is 5.50. The summed E-state index contributed by atoms with van der Waals surface area (Å²) in [6, 6.07) is 0. The van der Waals surface area contributed by atoms with Crippen molar-refractivity contribution in [3.8, 4) is 0 Å². The van der Waals surface area contributed by atoms with Crippen molar-refractivity contribution in [2.24, 2.45) is 5.11 Å². The van der Waals surface area contributed by atoms with Gasteiger partial charge in [-0.1, -0.05) is 19.0 Å². The van der Waals surface area contributed by atoms with Crippen LogP contribution in [0.4, 0.5) is 0 Å². The van der Waals surface area contributed by atoms with E-state index in [0.717, 1.165) is 7.11 Å². The smallest absolute Gasteiger partial charge is 0.327 e. The molecule has 15 heavy (non-hydrogen) atoms. The quantitative estimate of drug-likeness (QED) is 0.250. The van der Waals surface area contributed by atoms with Crippen LogP contribution in [-0.2, 0) is 19.6 Å². The lowest BCUT2D eigenvalue weighted by atomic mass is 10.0. The van der Waals surface area contributed by atoms with Crippen LogP contribution in [0.1, 0.15) is 13.8 Å². The fourth-order valence-corrected chi connectivity index (χ4v) is 2.16. The van der Waals surface area contributed by atoms with Gasteiger partial charge in [0.05, 0.1) is 12.6 Å². The van der Waals surface area contributed by atoms with Gasteiger partial charge in [-0.15, -0.1) is 0 Å². The van der Waals surface area contributed by atoms with Crippen molar-refractivity contribution >= 4 is 16.1 Å². The maximum atomic E-state index is 11.1. The number of methoxy groups -OCH3 is 1. The molecule has 0 fully saturated rings. The predicted octanol–water partition coefficient (Wildman–Crippen LogP) is 0.505. The summed E-state index contributed by atoms with van der Waals surface area (Å²) in [7, 11) is -3.73. The van der Waals surface area contributed by atoms with Crippen molar-refractivity contribution in [2.45, 2.75) is 24.6 Å². The van der Waals surface area contributed by atoms with Crippen molar-refractivity contribution in [1.29, 1.82) is 0 Å². The number of hydrogen-bond donors (Lipinski definition) is 1. The highest BCUT2D eigenvalue weighted by molar-refractivity contribution is 7.87. The van der Waals surface area contributed by atoms with E-state index < -0.39 is 26.9 Å². The van der Waals surface area contributed by atoms with Crippen LogP contribution in [0.3, 0.4) is 0 Å². The van der Waals surface area contributed by atoms with Crippen LogP contribution >= 0.6 is 0 Å². The third-order valence-corrected chi connectivity index (χ3v) is 3.02. The van der Waals surface area contributed by atoms with Crippen LogP contribution in [-0.4, -0.2) is 36.8 Å². The molecule has 0 aromatic rings. The van der Waals surface area contributed by atoms with Gasteiger partial charge in [0.1, 0.15) is 0 Å². The van der Waals surface area contributed by atoms with Gasteiger partial charge in [0.2, 0.25) is 0 Å². The lowest BCUT2D eigenvalue weighted by Gasteiger charge is -2.24. The molecule has 9 heteroatoms. The normalized spacial score (nSPS) is 13.9. The number of carbonyl (C=O) groups is 1. The number of nitrogens with zero attached hydrogens (tertiary/aromatic N) is 3. The molecule has 0 aromatic heterocycles. The lowest BCUT2D eigenvalue weighted by Crippen LogP contribution is -2.46. The van der Waals surface area contributed by atoms with Crippen LogP contribution in [0.15, 0.2) is 5.11 Å². The van der Waals surface area contributed by atoms with Gasteiger partial charge in [-0.25, -0.2) is 0 Å². The van der Waals surface area contributed by atoms with E-state index in [9.17, 15) is 13.2 Å². The molecule has 0 heterocycles. The van der Waals surface area contributed by atoms with Crippen LogP contribution in [0.2, 0.25) is 0 Å². The van der Waals surface area contributed by atoms with Gasteiger partial charge in [-0.3, -0.25) is 9.35 Å². The first-order valence-corrected chi connectivity index (χ1v) is 5.27. The second-order valence-electron chi connectivity index (χ2n) is 3.26. The maximum absolute atomic E-state index is 11.1. The zero-order valence-electron chi connectivity index (χ0n) is 8.41. The largest absolute Gasteiger partial charge is 0.468 e. The number of carbonyl (C=O) groups excluding carboxylic acids is 1. The van der Waals surface area contributed by atoms with E-state index >= 15 is 0 Å². The molecule has 0 aliphatic carbocycles. The van der Waals surface area contributed by atoms with Gasteiger partial charge in [-0.2, -0.15) is 8.42 Å². The van der Waals surface area contributed by atoms with Gasteiger partial charge in [0.25, 0.3) is 10.1 Å². The number of rotatable bonds is 4. The Hall–Kier alpha value is -1.31. The van der Waals surface area contributed by atoms with Crippen LogP contribution in [0, 0.1) is 0 Å². The van der Waals surface area contributed by atoms with Gasteiger partial charge in [0.15, 0.2) is 5.25 Å². The Bertz CT molecular complexity index is 395. The first-order valence-electron chi connectivity index (χ1n) is 3.77. The SMILES string of the molecule is COC(=O)C(C(C)(C)N=[N+]=[N-])S(=O)(=O)O. The average molecular weight is 237 g/mol. The zero-order valence-corrected chi connectivity index (χ0v) is 9.22. The molecule has 1 unspecified atom stereocenters. The van der Waals surface area contributed by atoms with Gasteiger partial charge < -0.3 is 4.74 Å². The molecule has 1 atom stereocenters. The average Bonchev–Trinajstić information content (AvgIpc) is 2.00. The Morgan fingerprint density at radius 3 is 2.33 bits per heavy atom. The lowest BCUT2D eigenvalue weighted by molar-refractivity contribution is -0.141. The molecule has 0 saturated carbocycles. The van der Waals surface area contributed by atoms with E-state index in [1.54, 1.807) is 0 Å². The molecule has 8 nitrogen and oxygen atoms in total. The second-order valence-corrected chi connectivity index (χ2v) is 4.76. The molecule has 0 saturated heterocycles. The summed E-state index contributed by atoms with van der Waals surface area (Å²) in [6.07, 6.45) is 0. The van der Waals surface area contributed by atoms with Crippen molar-refractivity contribution in [2.75, 3.05) is 7.11 Å². The summed E-state index contributed by atoms with van der Waals surface area (Å²) in [6.45, 7) is 2.39. The summed E-state index contributed by atoms with van der Waals surface area (Å²) in [4.78, 5) is 13.5. The van der Waals surface area contributed by atoms with E-state index in [2.05, 4.69) is 14.8 Å². The molecule has 0 aliphatic rings. The van der Waals surface area contributed by atoms with Crippen molar-refractivity contribution < 1.29 is 22.5 Å². The number of esters is 1. The summed E-state index contributed by atoms with van der Waals surface area (Å²) in [5.74, 6) is -1.19. The molecule has 1 N–H and O–H groups in total. The molecule has 0 rings (SSSR count). The van der Waals surface area contributed by atoms with Gasteiger partial charge in [-0.05, 0) is 5.53 Å². The van der Waals surface area contributed by atoms with E-state index in [-0.39, 0.29) is 0 Å². The van der Waals surface area contributed by atoms with E-state index in [4.69, 9.17) is 10.1 Å². The van der Waals surface area contributed by atoms with Crippen molar-refractivity contribution in [3.05, 3.63) is 10.4 Å². The fourth-order valence-electron chi connectivity index (χ4n) is 1.05. The second kappa shape index (κ2) is 4.47. The Labute approximate surface area is 86.6 Å². The number of ether oxygens (including phenoxy) is 1. The third kappa shape index (κ3) is 3.39. The minimum atomic E-state index is -4.70. The third-order valence-electron chi connectivity index (χ3n) is 1.66. The fraction of sp³-hybridized carbons (Fsp3) is 0.833. The molecular formula is C6H11N3O5S. The molecule has 0 bridgehead atoms. The highest BCUT2D eigenvalue weighted by Crippen LogP contribution is 2.22. The van der Waals surface area contributed by atoms with E-state index in [1.165, 1.54) is 13.8 Å². The van der Waals surface area contributed by atoms with Crippen LogP contribution in [0.5, 0.6) is 0 Å².